The number of ether oxygens (including phenoxy) is 4. The number of hydrogen-bond acceptors (Lipinski definition) is 7. The first-order valence-electron chi connectivity index (χ1n) is 8.99. The van der Waals surface area contributed by atoms with Gasteiger partial charge in [0.25, 0.3) is 0 Å². The van der Waals surface area contributed by atoms with E-state index in [-0.39, 0.29) is 11.4 Å². The number of fused-ring (bicyclic) bond motifs is 1. The summed E-state index contributed by atoms with van der Waals surface area (Å²) in [6.07, 6.45) is 2.09. The molecule has 8 nitrogen and oxygen atoms in total. The van der Waals surface area contributed by atoms with E-state index in [1.165, 1.54) is 33.5 Å². The van der Waals surface area contributed by atoms with E-state index in [0.717, 1.165) is 11.1 Å². The molecule has 0 aliphatic heterocycles. The highest BCUT2D eigenvalue weighted by Gasteiger charge is 2.29. The number of nitrogens with zero attached hydrogens (tertiary/aromatic N) is 1. The second kappa shape index (κ2) is 8.40. The van der Waals surface area contributed by atoms with Gasteiger partial charge in [0, 0.05) is 11.6 Å². The normalized spacial score (nSPS) is 16.9. The lowest BCUT2D eigenvalue weighted by molar-refractivity contribution is -0.385. The molecule has 29 heavy (non-hydrogen) atoms. The van der Waals surface area contributed by atoms with Crippen LogP contribution in [0.3, 0.4) is 0 Å². The number of aliphatic hydroxyl groups is 1. The predicted molar refractivity (Wildman–Crippen MR) is 108 cm³/mol. The van der Waals surface area contributed by atoms with Gasteiger partial charge in [0.15, 0.2) is 17.2 Å². The molecule has 0 radical (unpaired) electrons. The van der Waals surface area contributed by atoms with Crippen LogP contribution in [0, 0.1) is 10.1 Å². The van der Waals surface area contributed by atoms with Crippen molar-refractivity contribution in [3.8, 4) is 23.0 Å². The summed E-state index contributed by atoms with van der Waals surface area (Å²) in [5.74, 6) is 1.70. The van der Waals surface area contributed by atoms with Crippen molar-refractivity contribution >= 4 is 17.3 Å². The SMILES string of the molecule is COc1ccc(/C=C2\c3cc(OC)c(OC)c(OC)c3CC[C@@H]2O)cc1[N+](=O)[O-]. The van der Waals surface area contributed by atoms with Crippen molar-refractivity contribution in [3.05, 3.63) is 51.1 Å². The van der Waals surface area contributed by atoms with Crippen LogP contribution in [-0.2, 0) is 6.42 Å². The van der Waals surface area contributed by atoms with Crippen LogP contribution in [0.15, 0.2) is 24.3 Å². The standard InChI is InChI=1S/C21H23NO7/c1-26-18-8-5-12(10-16(18)22(24)25)9-15-14-11-19(27-2)21(29-4)20(28-3)13(14)6-7-17(15)23/h5,8-11,17,23H,6-7H2,1-4H3/b15-9+/t17-/m0/s1. The first-order valence-corrected chi connectivity index (χ1v) is 8.99. The van der Waals surface area contributed by atoms with Crippen LogP contribution in [0.4, 0.5) is 5.69 Å². The van der Waals surface area contributed by atoms with Crippen molar-refractivity contribution in [1.82, 2.24) is 0 Å². The summed E-state index contributed by atoms with van der Waals surface area (Å²) in [4.78, 5) is 10.8. The van der Waals surface area contributed by atoms with E-state index in [9.17, 15) is 15.2 Å². The van der Waals surface area contributed by atoms with Gasteiger partial charge in [-0.05, 0) is 47.8 Å². The van der Waals surface area contributed by atoms with E-state index in [0.29, 0.717) is 41.2 Å². The third-order valence-corrected chi connectivity index (χ3v) is 4.99. The highest BCUT2D eigenvalue weighted by Crippen LogP contribution is 2.47. The molecule has 1 atom stereocenters. The lowest BCUT2D eigenvalue weighted by Gasteiger charge is -2.28. The van der Waals surface area contributed by atoms with Gasteiger partial charge in [0.2, 0.25) is 5.75 Å². The van der Waals surface area contributed by atoms with Crippen LogP contribution in [0.25, 0.3) is 11.6 Å². The number of methoxy groups -OCH3 is 4. The Hall–Kier alpha value is -3.26. The summed E-state index contributed by atoms with van der Waals surface area (Å²) in [7, 11) is 6.00. The molecule has 8 heteroatoms. The Balaban J connectivity index is 2.20. The van der Waals surface area contributed by atoms with Crippen molar-refractivity contribution in [3.63, 3.8) is 0 Å². The van der Waals surface area contributed by atoms with E-state index in [1.807, 2.05) is 0 Å². The zero-order valence-corrected chi connectivity index (χ0v) is 16.7. The fourth-order valence-corrected chi connectivity index (χ4v) is 3.63. The molecule has 0 amide bonds. The van der Waals surface area contributed by atoms with Crippen molar-refractivity contribution in [2.24, 2.45) is 0 Å². The van der Waals surface area contributed by atoms with Crippen LogP contribution in [0.1, 0.15) is 23.1 Å². The molecule has 154 valence electrons. The number of nitro groups is 1. The number of hydrogen-bond donors (Lipinski definition) is 1. The van der Waals surface area contributed by atoms with Crippen molar-refractivity contribution in [2.75, 3.05) is 28.4 Å². The highest BCUT2D eigenvalue weighted by atomic mass is 16.6. The van der Waals surface area contributed by atoms with E-state index in [2.05, 4.69) is 0 Å². The topological polar surface area (TPSA) is 100 Å². The maximum Gasteiger partial charge on any atom is 0.311 e. The zero-order chi connectivity index (χ0) is 21.1. The maximum absolute atomic E-state index is 11.3. The number of aliphatic hydroxyl groups excluding tert-OH is 1. The van der Waals surface area contributed by atoms with Crippen LogP contribution in [-0.4, -0.2) is 44.6 Å². The van der Waals surface area contributed by atoms with Gasteiger partial charge in [-0.1, -0.05) is 6.07 Å². The fraction of sp³-hybridized carbons (Fsp3) is 0.333. The molecule has 0 fully saturated rings. The smallest absolute Gasteiger partial charge is 0.311 e. The van der Waals surface area contributed by atoms with Gasteiger partial charge in [0.1, 0.15) is 0 Å². The van der Waals surface area contributed by atoms with Crippen molar-refractivity contribution in [1.29, 1.82) is 0 Å². The van der Waals surface area contributed by atoms with Gasteiger partial charge >= 0.3 is 5.69 Å². The van der Waals surface area contributed by atoms with E-state index < -0.39 is 11.0 Å². The lowest BCUT2D eigenvalue weighted by Crippen LogP contribution is -2.19. The minimum Gasteiger partial charge on any atom is -0.493 e. The molecule has 0 unspecified atom stereocenters. The third-order valence-electron chi connectivity index (χ3n) is 4.99. The first kappa shape index (κ1) is 20.5. The van der Waals surface area contributed by atoms with Gasteiger partial charge < -0.3 is 24.1 Å². The monoisotopic (exact) mass is 401 g/mol. The van der Waals surface area contributed by atoms with Crippen molar-refractivity contribution in [2.45, 2.75) is 18.9 Å². The zero-order valence-electron chi connectivity index (χ0n) is 16.7. The van der Waals surface area contributed by atoms with Gasteiger partial charge in [-0.25, -0.2) is 0 Å². The molecule has 1 N–H and O–H groups in total. The molecule has 0 heterocycles. The minimum absolute atomic E-state index is 0.141. The maximum atomic E-state index is 11.3. The highest BCUT2D eigenvalue weighted by molar-refractivity contribution is 5.88. The number of nitro benzene ring substituents is 1. The quantitative estimate of drug-likeness (QED) is 0.584. The van der Waals surface area contributed by atoms with E-state index in [1.54, 1.807) is 25.3 Å². The van der Waals surface area contributed by atoms with Gasteiger partial charge in [-0.3, -0.25) is 10.1 Å². The molecule has 3 rings (SSSR count). The number of rotatable bonds is 6. The number of benzene rings is 2. The second-order valence-corrected chi connectivity index (χ2v) is 6.51. The lowest BCUT2D eigenvalue weighted by atomic mass is 9.83. The minimum atomic E-state index is -0.730. The van der Waals surface area contributed by atoms with Crippen LogP contribution >= 0.6 is 0 Å². The van der Waals surface area contributed by atoms with Crippen molar-refractivity contribution < 1.29 is 29.0 Å². The van der Waals surface area contributed by atoms with Gasteiger partial charge in [-0.15, -0.1) is 0 Å². The molecule has 0 aromatic heterocycles. The molecule has 0 bridgehead atoms. The first-order chi connectivity index (χ1) is 13.9. The summed E-state index contributed by atoms with van der Waals surface area (Å²) >= 11 is 0. The summed E-state index contributed by atoms with van der Waals surface area (Å²) < 4.78 is 21.5. The summed E-state index contributed by atoms with van der Waals surface area (Å²) in [6.45, 7) is 0. The molecule has 1 aliphatic rings. The molecular formula is C21H23NO7. The predicted octanol–water partition coefficient (Wildman–Crippen LogP) is 3.48. The Kier molecular flexibility index (Phi) is 5.93. The van der Waals surface area contributed by atoms with Crippen LogP contribution in [0.5, 0.6) is 23.0 Å². The van der Waals surface area contributed by atoms with E-state index in [4.69, 9.17) is 18.9 Å². The Morgan fingerprint density at radius 1 is 1.03 bits per heavy atom. The average Bonchev–Trinajstić information content (AvgIpc) is 2.73. The summed E-state index contributed by atoms with van der Waals surface area (Å²) in [6, 6.07) is 6.46. The van der Waals surface area contributed by atoms with Gasteiger partial charge in [0.05, 0.1) is 39.5 Å². The largest absolute Gasteiger partial charge is 0.493 e. The average molecular weight is 401 g/mol. The third kappa shape index (κ3) is 3.71. The Morgan fingerprint density at radius 2 is 1.72 bits per heavy atom. The Morgan fingerprint density at radius 3 is 2.31 bits per heavy atom. The van der Waals surface area contributed by atoms with Gasteiger partial charge in [-0.2, -0.15) is 0 Å². The fourth-order valence-electron chi connectivity index (χ4n) is 3.63. The van der Waals surface area contributed by atoms with E-state index >= 15 is 0 Å². The molecular weight excluding hydrogens is 378 g/mol. The second-order valence-electron chi connectivity index (χ2n) is 6.51. The molecule has 0 saturated carbocycles. The Labute approximate surface area is 168 Å². The molecule has 0 spiro atoms. The molecule has 0 saturated heterocycles. The summed E-state index contributed by atoms with van der Waals surface area (Å²) in [5, 5.41) is 22.0. The molecule has 1 aliphatic carbocycles. The Bertz CT molecular complexity index is 968. The van der Waals surface area contributed by atoms with Crippen LogP contribution in [0.2, 0.25) is 0 Å². The molecule has 2 aromatic carbocycles. The molecule has 2 aromatic rings. The summed E-state index contributed by atoms with van der Waals surface area (Å²) in [5.41, 5.74) is 2.72. The van der Waals surface area contributed by atoms with Crippen LogP contribution < -0.4 is 18.9 Å².